The minimum Gasteiger partial charge on any atom is -0.198 e. The first-order valence-electron chi connectivity index (χ1n) is 3.21. The van der Waals surface area contributed by atoms with Crippen LogP contribution in [-0.4, -0.2) is 0 Å². The average Bonchev–Trinajstić information content (AvgIpc) is 1.91. The van der Waals surface area contributed by atoms with Crippen LogP contribution in [0, 0.1) is 22.7 Å². The second-order valence-corrected chi connectivity index (χ2v) is 2.06. The second-order valence-electron chi connectivity index (χ2n) is 2.06. The van der Waals surface area contributed by atoms with Crippen LogP contribution in [0.15, 0.2) is 11.1 Å². The zero-order valence-electron chi connectivity index (χ0n) is 6.31. The van der Waals surface area contributed by atoms with Gasteiger partial charge in [-0.05, 0) is 18.9 Å². The number of rotatable bonds is 2. The van der Waals surface area contributed by atoms with Gasteiger partial charge in [-0.1, -0.05) is 6.92 Å². The fraction of sp³-hybridized carbons (Fsp3) is 0.500. The maximum Gasteiger partial charge on any atom is 0.0946 e. The van der Waals surface area contributed by atoms with Crippen molar-refractivity contribution in [3.05, 3.63) is 11.1 Å². The Balaban J connectivity index is 4.35. The molecule has 0 aliphatic heterocycles. The Kier molecular flexibility index (Phi) is 4.00. The van der Waals surface area contributed by atoms with E-state index in [1.54, 1.807) is 0 Å². The summed E-state index contributed by atoms with van der Waals surface area (Å²) in [6, 6.07) is 4.07. The van der Waals surface area contributed by atoms with E-state index < -0.39 is 0 Å². The number of nitriles is 2. The topological polar surface area (TPSA) is 47.6 Å². The van der Waals surface area contributed by atoms with Crippen LogP contribution in [0.2, 0.25) is 0 Å². The predicted molar refractivity (Wildman–Crippen MR) is 38.8 cm³/mol. The molecule has 52 valence electrons. The van der Waals surface area contributed by atoms with Crippen molar-refractivity contribution >= 4 is 0 Å². The van der Waals surface area contributed by atoms with Gasteiger partial charge in [-0.15, -0.1) is 0 Å². The highest BCUT2D eigenvalue weighted by atomic mass is 14.3. The van der Waals surface area contributed by atoms with Gasteiger partial charge in [0.15, 0.2) is 0 Å². The van der Waals surface area contributed by atoms with Crippen LogP contribution < -0.4 is 0 Å². The molecule has 0 saturated heterocycles. The van der Waals surface area contributed by atoms with E-state index in [4.69, 9.17) is 10.5 Å². The van der Waals surface area contributed by atoms with Gasteiger partial charge in [0.25, 0.3) is 0 Å². The minimum absolute atomic E-state index is 0.372. The highest BCUT2D eigenvalue weighted by Gasteiger charge is 1.96. The van der Waals surface area contributed by atoms with Crippen molar-refractivity contribution in [2.24, 2.45) is 0 Å². The first-order chi connectivity index (χ1) is 4.76. The molecule has 0 unspecified atom stereocenters. The normalized spacial score (nSPS) is 11.2. The zero-order valence-corrected chi connectivity index (χ0v) is 6.31. The molecule has 0 aliphatic rings. The lowest BCUT2D eigenvalue weighted by atomic mass is 10.1. The van der Waals surface area contributed by atoms with Crippen LogP contribution in [0.4, 0.5) is 0 Å². The van der Waals surface area contributed by atoms with Gasteiger partial charge >= 0.3 is 0 Å². The number of nitrogens with zero attached hydrogens (tertiary/aromatic N) is 2. The molecular formula is C8H10N2. The molecule has 0 fully saturated rings. The molecule has 0 rings (SSSR count). The number of allylic oxidation sites excluding steroid dienone is 2. The van der Waals surface area contributed by atoms with E-state index >= 15 is 0 Å². The summed E-state index contributed by atoms with van der Waals surface area (Å²) >= 11 is 0. The fourth-order valence-electron chi connectivity index (χ4n) is 0.702. The lowest BCUT2D eigenvalue weighted by Gasteiger charge is -1.95. The molecule has 2 heteroatoms. The van der Waals surface area contributed by atoms with Gasteiger partial charge in [0.2, 0.25) is 0 Å². The van der Waals surface area contributed by atoms with Gasteiger partial charge in [0, 0.05) is 5.57 Å². The summed E-state index contributed by atoms with van der Waals surface area (Å²) in [5.74, 6) is 0. The Hall–Kier alpha value is -1.28. The zero-order chi connectivity index (χ0) is 7.98. The van der Waals surface area contributed by atoms with Crippen LogP contribution >= 0.6 is 0 Å². The van der Waals surface area contributed by atoms with Crippen molar-refractivity contribution < 1.29 is 0 Å². The lowest BCUT2D eigenvalue weighted by Crippen LogP contribution is -1.82. The molecule has 0 aromatic rings. The summed E-state index contributed by atoms with van der Waals surface area (Å²) in [6.07, 6.45) is 1.10. The molecule has 0 aromatic heterocycles. The van der Waals surface area contributed by atoms with E-state index in [-0.39, 0.29) is 0 Å². The van der Waals surface area contributed by atoms with Crippen LogP contribution in [0.25, 0.3) is 0 Å². The Labute approximate surface area is 61.4 Å². The number of hydrogen-bond donors (Lipinski definition) is 0. The van der Waals surface area contributed by atoms with Crippen molar-refractivity contribution in [1.82, 2.24) is 0 Å². The minimum atomic E-state index is 0.372. The maximum absolute atomic E-state index is 8.51. The van der Waals surface area contributed by atoms with Gasteiger partial charge in [0.05, 0.1) is 18.6 Å². The molecule has 0 spiro atoms. The highest BCUT2D eigenvalue weighted by molar-refractivity contribution is 5.27. The van der Waals surface area contributed by atoms with Crippen LogP contribution in [0.1, 0.15) is 26.7 Å². The molecule has 2 nitrogen and oxygen atoms in total. The van der Waals surface area contributed by atoms with Crippen molar-refractivity contribution in [2.45, 2.75) is 26.7 Å². The van der Waals surface area contributed by atoms with Crippen molar-refractivity contribution in [2.75, 3.05) is 0 Å². The molecule has 0 amide bonds. The van der Waals surface area contributed by atoms with Crippen molar-refractivity contribution in [3.63, 3.8) is 0 Å². The third-order valence-corrected chi connectivity index (χ3v) is 1.35. The molecular weight excluding hydrogens is 124 g/mol. The SMILES string of the molecule is CCC(C#N)=C(C)CC#N. The summed E-state index contributed by atoms with van der Waals surface area (Å²) in [6.45, 7) is 3.74. The first-order valence-corrected chi connectivity index (χ1v) is 3.21. The molecule has 0 atom stereocenters. The van der Waals surface area contributed by atoms with E-state index in [0.29, 0.717) is 6.42 Å². The maximum atomic E-state index is 8.51. The summed E-state index contributed by atoms with van der Waals surface area (Å²) in [7, 11) is 0. The third kappa shape index (κ3) is 2.33. The van der Waals surface area contributed by atoms with Gasteiger partial charge in [-0.2, -0.15) is 10.5 Å². The highest BCUT2D eigenvalue weighted by Crippen LogP contribution is 2.09. The second kappa shape index (κ2) is 4.58. The van der Waals surface area contributed by atoms with E-state index in [0.717, 1.165) is 17.6 Å². The Morgan fingerprint density at radius 1 is 1.40 bits per heavy atom. The molecule has 0 N–H and O–H groups in total. The average molecular weight is 134 g/mol. The van der Waals surface area contributed by atoms with Crippen molar-refractivity contribution in [1.29, 1.82) is 10.5 Å². The smallest absolute Gasteiger partial charge is 0.0946 e. The van der Waals surface area contributed by atoms with E-state index in [1.165, 1.54) is 0 Å². The first kappa shape index (κ1) is 8.72. The Morgan fingerprint density at radius 3 is 2.30 bits per heavy atom. The Bertz CT molecular complexity index is 212. The summed E-state index contributed by atoms with van der Waals surface area (Å²) in [5.41, 5.74) is 1.63. The van der Waals surface area contributed by atoms with Gasteiger partial charge in [-0.25, -0.2) is 0 Å². The van der Waals surface area contributed by atoms with E-state index in [2.05, 4.69) is 6.07 Å². The molecule has 0 heterocycles. The molecule has 0 aromatic carbocycles. The quantitative estimate of drug-likeness (QED) is 0.543. The van der Waals surface area contributed by atoms with Gasteiger partial charge in [0.1, 0.15) is 0 Å². The summed E-state index contributed by atoms with van der Waals surface area (Å²) in [4.78, 5) is 0. The lowest BCUT2D eigenvalue weighted by molar-refractivity contribution is 1.07. The van der Waals surface area contributed by atoms with E-state index in [9.17, 15) is 0 Å². The molecule has 0 aliphatic carbocycles. The van der Waals surface area contributed by atoms with Gasteiger partial charge < -0.3 is 0 Å². The standard InChI is InChI=1S/C8H10N2/c1-3-8(6-10)7(2)4-5-9/h3-4H2,1-2H3. The molecule has 0 bridgehead atoms. The number of hydrogen-bond acceptors (Lipinski definition) is 2. The largest absolute Gasteiger partial charge is 0.198 e. The fourth-order valence-corrected chi connectivity index (χ4v) is 0.702. The molecule has 0 radical (unpaired) electrons. The predicted octanol–water partition coefficient (Wildman–Crippen LogP) is 2.15. The molecule has 10 heavy (non-hydrogen) atoms. The van der Waals surface area contributed by atoms with Crippen LogP contribution in [0.3, 0.4) is 0 Å². The van der Waals surface area contributed by atoms with Crippen molar-refractivity contribution in [3.8, 4) is 12.1 Å². The Morgan fingerprint density at radius 2 is 2.00 bits per heavy atom. The van der Waals surface area contributed by atoms with Gasteiger partial charge in [-0.3, -0.25) is 0 Å². The van der Waals surface area contributed by atoms with E-state index in [1.807, 2.05) is 19.9 Å². The van der Waals surface area contributed by atoms with Crippen LogP contribution in [0.5, 0.6) is 0 Å². The summed E-state index contributed by atoms with van der Waals surface area (Å²) in [5, 5.41) is 16.8. The van der Waals surface area contributed by atoms with Crippen LogP contribution in [-0.2, 0) is 0 Å². The third-order valence-electron chi connectivity index (χ3n) is 1.35. The molecule has 0 saturated carbocycles. The monoisotopic (exact) mass is 134 g/mol. The summed E-state index contributed by atoms with van der Waals surface area (Å²) < 4.78 is 0.